The van der Waals surface area contributed by atoms with Crippen LogP contribution in [-0.2, 0) is 17.6 Å². The van der Waals surface area contributed by atoms with E-state index < -0.39 is 0 Å². The van der Waals surface area contributed by atoms with E-state index >= 15 is 0 Å². The lowest BCUT2D eigenvalue weighted by Gasteiger charge is -2.18. The van der Waals surface area contributed by atoms with E-state index in [2.05, 4.69) is 20.6 Å². The van der Waals surface area contributed by atoms with Crippen molar-refractivity contribution in [2.45, 2.75) is 12.8 Å². The van der Waals surface area contributed by atoms with Gasteiger partial charge in [0.25, 0.3) is 0 Å². The van der Waals surface area contributed by atoms with E-state index in [1.165, 1.54) is 0 Å². The molecule has 8 heteroatoms. The highest BCUT2D eigenvalue weighted by Crippen LogP contribution is 2.10. The lowest BCUT2D eigenvalue weighted by Crippen LogP contribution is -2.44. The van der Waals surface area contributed by atoms with Gasteiger partial charge in [0, 0.05) is 50.5 Å². The average Bonchev–Trinajstić information content (AvgIpc) is 2.69. The number of pyridine rings is 1. The molecule has 0 unspecified atom stereocenters. The maximum Gasteiger partial charge on any atom is 0.241 e. The summed E-state index contributed by atoms with van der Waals surface area (Å²) in [4.78, 5) is 22.4. The fourth-order valence-electron chi connectivity index (χ4n) is 2.49. The highest BCUT2D eigenvalue weighted by molar-refractivity contribution is 14.0. The number of rotatable bonds is 8. The van der Waals surface area contributed by atoms with Crippen LogP contribution in [0.15, 0.2) is 53.7 Å². The molecule has 0 aliphatic heterocycles. The van der Waals surface area contributed by atoms with Crippen molar-refractivity contribution in [2.75, 3.05) is 33.7 Å². The van der Waals surface area contributed by atoms with Gasteiger partial charge in [-0.2, -0.15) is 0 Å². The zero-order chi connectivity index (χ0) is 19.5. The largest absolute Gasteiger partial charge is 0.356 e. The normalized spacial score (nSPS) is 10.8. The van der Waals surface area contributed by atoms with Gasteiger partial charge in [0.2, 0.25) is 5.91 Å². The van der Waals surface area contributed by atoms with E-state index in [4.69, 9.17) is 11.6 Å². The van der Waals surface area contributed by atoms with E-state index in [0.29, 0.717) is 19.0 Å². The lowest BCUT2D eigenvalue weighted by molar-refractivity contribution is -0.128. The van der Waals surface area contributed by atoms with E-state index in [0.717, 1.165) is 29.1 Å². The van der Waals surface area contributed by atoms with Crippen LogP contribution in [0.5, 0.6) is 0 Å². The molecule has 1 amide bonds. The minimum atomic E-state index is 0. The second kappa shape index (κ2) is 13.3. The van der Waals surface area contributed by atoms with Crippen LogP contribution in [0.25, 0.3) is 0 Å². The van der Waals surface area contributed by atoms with Crippen LogP contribution in [0.2, 0.25) is 5.02 Å². The smallest absolute Gasteiger partial charge is 0.241 e. The van der Waals surface area contributed by atoms with Crippen molar-refractivity contribution >= 4 is 47.4 Å². The van der Waals surface area contributed by atoms with Crippen LogP contribution in [0, 0.1) is 0 Å². The van der Waals surface area contributed by atoms with Gasteiger partial charge in [-0.05, 0) is 36.2 Å². The number of carbonyl (C=O) groups excluding carboxylic acids is 1. The molecule has 0 aliphatic rings. The molecule has 0 radical (unpaired) electrons. The number of likely N-dealkylation sites (N-methyl/N-ethyl adjacent to an activating group) is 1. The number of benzene rings is 1. The first-order valence-electron chi connectivity index (χ1n) is 8.91. The first-order chi connectivity index (χ1) is 13.1. The van der Waals surface area contributed by atoms with Gasteiger partial charge in [-0.1, -0.05) is 29.8 Å². The number of hydrogen-bond acceptors (Lipinski definition) is 3. The molecule has 6 nitrogen and oxygen atoms in total. The minimum Gasteiger partial charge on any atom is -0.356 e. The number of halogens is 2. The topological polar surface area (TPSA) is 69.6 Å². The molecule has 0 spiro atoms. The summed E-state index contributed by atoms with van der Waals surface area (Å²) in [5.41, 5.74) is 2.12. The average molecular weight is 516 g/mol. The zero-order valence-electron chi connectivity index (χ0n) is 16.2. The molecule has 0 fully saturated rings. The third kappa shape index (κ3) is 8.88. The molecule has 1 heterocycles. The number of nitrogens with one attached hydrogen (secondary N) is 2. The Balaban J connectivity index is 0.00000392. The molecule has 0 aliphatic carbocycles. The number of hydrogen-bond donors (Lipinski definition) is 2. The summed E-state index contributed by atoms with van der Waals surface area (Å²) in [5.74, 6) is 0.604. The van der Waals surface area contributed by atoms with Crippen molar-refractivity contribution in [1.29, 1.82) is 0 Å². The van der Waals surface area contributed by atoms with Gasteiger partial charge in [0.15, 0.2) is 5.96 Å². The minimum absolute atomic E-state index is 0. The summed E-state index contributed by atoms with van der Waals surface area (Å²) in [5, 5.41) is 6.99. The molecular formula is C20H27ClIN5O. The molecule has 0 saturated heterocycles. The Morgan fingerprint density at radius 2 is 2.00 bits per heavy atom. The number of aromatic nitrogens is 1. The number of carbonyl (C=O) groups is 1. The molecule has 1 aromatic carbocycles. The zero-order valence-corrected chi connectivity index (χ0v) is 19.3. The summed E-state index contributed by atoms with van der Waals surface area (Å²) in [6.07, 6.45) is 3.31. The van der Waals surface area contributed by atoms with Crippen LogP contribution < -0.4 is 10.6 Å². The van der Waals surface area contributed by atoms with Crippen LogP contribution in [0.4, 0.5) is 0 Å². The van der Waals surface area contributed by atoms with Crippen molar-refractivity contribution < 1.29 is 4.79 Å². The Hall–Kier alpha value is -1.87. The molecule has 0 atom stereocenters. The fourth-order valence-corrected chi connectivity index (χ4v) is 2.70. The molecule has 2 rings (SSSR count). The van der Waals surface area contributed by atoms with Gasteiger partial charge >= 0.3 is 0 Å². The van der Waals surface area contributed by atoms with Crippen molar-refractivity contribution in [3.05, 3.63) is 64.9 Å². The van der Waals surface area contributed by atoms with Crippen molar-refractivity contribution in [1.82, 2.24) is 20.5 Å². The highest BCUT2D eigenvalue weighted by Gasteiger charge is 2.09. The number of aliphatic imine (C=N–C) groups is 1. The Morgan fingerprint density at radius 1 is 1.18 bits per heavy atom. The summed E-state index contributed by atoms with van der Waals surface area (Å²) in [7, 11) is 3.48. The van der Waals surface area contributed by atoms with Crippen LogP contribution in [0.3, 0.4) is 0 Å². The predicted molar refractivity (Wildman–Crippen MR) is 126 cm³/mol. The van der Waals surface area contributed by atoms with E-state index in [1.807, 2.05) is 42.5 Å². The van der Waals surface area contributed by atoms with Crippen molar-refractivity contribution in [3.8, 4) is 0 Å². The van der Waals surface area contributed by atoms with Gasteiger partial charge < -0.3 is 15.5 Å². The Morgan fingerprint density at radius 3 is 2.68 bits per heavy atom. The van der Waals surface area contributed by atoms with E-state index in [1.54, 1.807) is 25.2 Å². The molecular weight excluding hydrogens is 489 g/mol. The Kier molecular flexibility index (Phi) is 11.5. The highest BCUT2D eigenvalue weighted by atomic mass is 127. The van der Waals surface area contributed by atoms with Crippen molar-refractivity contribution in [3.63, 3.8) is 0 Å². The van der Waals surface area contributed by atoms with Crippen LogP contribution in [0.1, 0.15) is 11.3 Å². The van der Waals surface area contributed by atoms with Gasteiger partial charge in [-0.25, -0.2) is 0 Å². The van der Waals surface area contributed by atoms with Gasteiger partial charge in [-0.3, -0.25) is 14.8 Å². The third-order valence-electron chi connectivity index (χ3n) is 4.08. The van der Waals surface area contributed by atoms with Gasteiger partial charge in [-0.15, -0.1) is 24.0 Å². The monoisotopic (exact) mass is 515 g/mol. The van der Waals surface area contributed by atoms with Gasteiger partial charge in [0.1, 0.15) is 0 Å². The first-order valence-corrected chi connectivity index (χ1v) is 9.29. The van der Waals surface area contributed by atoms with E-state index in [-0.39, 0.29) is 36.4 Å². The summed E-state index contributed by atoms with van der Waals surface area (Å²) in [6, 6.07) is 13.6. The number of nitrogens with zero attached hydrogens (tertiary/aromatic N) is 3. The standard InChI is InChI=1S/C20H26ClN5O.HI/c1-22-20(24-12-9-16-6-5-7-17(21)14-16)25-15-19(27)26(2)13-10-18-8-3-4-11-23-18;/h3-8,11,14H,9-10,12-13,15H2,1-2H3,(H2,22,24,25);1H. The molecule has 0 bridgehead atoms. The fraction of sp³-hybridized carbons (Fsp3) is 0.350. The third-order valence-corrected chi connectivity index (χ3v) is 4.32. The Bertz CT molecular complexity index is 757. The first kappa shape index (κ1) is 24.2. The maximum absolute atomic E-state index is 12.3. The second-order valence-electron chi connectivity index (χ2n) is 6.12. The van der Waals surface area contributed by atoms with Crippen LogP contribution in [-0.4, -0.2) is 55.5 Å². The molecule has 2 N–H and O–H groups in total. The van der Waals surface area contributed by atoms with Crippen molar-refractivity contribution in [2.24, 2.45) is 4.99 Å². The summed E-state index contributed by atoms with van der Waals surface area (Å²) < 4.78 is 0. The SMILES string of the molecule is CN=C(NCCc1cccc(Cl)c1)NCC(=O)N(C)CCc1ccccn1.I. The molecule has 2 aromatic rings. The molecule has 152 valence electrons. The molecule has 0 saturated carbocycles. The number of amides is 1. The van der Waals surface area contributed by atoms with Crippen LogP contribution >= 0.6 is 35.6 Å². The number of guanidine groups is 1. The van der Waals surface area contributed by atoms with E-state index in [9.17, 15) is 4.79 Å². The summed E-state index contributed by atoms with van der Waals surface area (Å²) >= 11 is 5.99. The van der Waals surface area contributed by atoms with Gasteiger partial charge in [0.05, 0.1) is 6.54 Å². The second-order valence-corrected chi connectivity index (χ2v) is 6.56. The maximum atomic E-state index is 12.3. The molecule has 1 aromatic heterocycles. The summed E-state index contributed by atoms with van der Waals surface area (Å²) in [6.45, 7) is 1.51. The predicted octanol–water partition coefficient (Wildman–Crippen LogP) is 2.76. The quantitative estimate of drug-likeness (QED) is 0.322. The lowest BCUT2D eigenvalue weighted by atomic mass is 10.1. The molecule has 28 heavy (non-hydrogen) atoms. The Labute approximate surface area is 188 Å².